The summed E-state index contributed by atoms with van der Waals surface area (Å²) >= 11 is 0. The highest BCUT2D eigenvalue weighted by molar-refractivity contribution is 6.25. The molecule has 9 aromatic carbocycles. The topological polar surface area (TPSA) is 3.24 Å². The molecule has 0 saturated heterocycles. The van der Waals surface area contributed by atoms with Crippen LogP contribution in [0, 0.1) is 20.8 Å². The van der Waals surface area contributed by atoms with Crippen LogP contribution in [-0.2, 0) is 0 Å². The molecule has 1 nitrogen and oxygen atoms in total. The van der Waals surface area contributed by atoms with Crippen LogP contribution in [0.15, 0.2) is 206 Å². The monoisotopic (exact) mass is 745 g/mol. The van der Waals surface area contributed by atoms with E-state index in [1.165, 1.54) is 82.4 Å². The summed E-state index contributed by atoms with van der Waals surface area (Å²) in [6, 6.07) is 68.6. The maximum Gasteiger partial charge on any atom is 0.0468 e. The first-order valence-electron chi connectivity index (χ1n) is 20.4. The van der Waals surface area contributed by atoms with Crippen molar-refractivity contribution in [1.29, 1.82) is 0 Å². The SMILES string of the molecule is Cc1ccccc1.Cc1ccccc1-c1cc(-c2ccc(N(c3ccc(C4=CC=CCC4)cc3)c3ccc4c5ccccc5c5ccccc5c4c3)cc2)ccc1C. The van der Waals surface area contributed by atoms with Gasteiger partial charge in [0.05, 0.1) is 0 Å². The Labute approximate surface area is 342 Å². The number of aryl methyl sites for hydroxylation is 3. The molecule has 280 valence electrons. The summed E-state index contributed by atoms with van der Waals surface area (Å²) in [6.45, 7) is 6.48. The molecule has 0 aromatic heterocycles. The number of benzene rings is 9. The fraction of sp³-hybridized carbons (Fsp3) is 0.0877. The summed E-state index contributed by atoms with van der Waals surface area (Å²) in [7, 11) is 0. The molecule has 0 aliphatic heterocycles. The van der Waals surface area contributed by atoms with E-state index in [4.69, 9.17) is 0 Å². The Morgan fingerprint density at radius 1 is 0.379 bits per heavy atom. The minimum atomic E-state index is 1.08. The maximum absolute atomic E-state index is 2.40. The van der Waals surface area contributed by atoms with Gasteiger partial charge in [-0.2, -0.15) is 0 Å². The second-order valence-electron chi connectivity index (χ2n) is 15.4. The Kier molecular flexibility index (Phi) is 10.3. The Bertz CT molecular complexity index is 2910. The zero-order chi connectivity index (χ0) is 39.4. The van der Waals surface area contributed by atoms with Gasteiger partial charge in [0, 0.05) is 17.1 Å². The van der Waals surface area contributed by atoms with E-state index in [0.717, 1.165) is 29.9 Å². The van der Waals surface area contributed by atoms with Crippen molar-refractivity contribution in [1.82, 2.24) is 0 Å². The van der Waals surface area contributed by atoms with E-state index < -0.39 is 0 Å². The lowest BCUT2D eigenvalue weighted by Gasteiger charge is -2.27. The molecule has 0 atom stereocenters. The number of hydrogen-bond donors (Lipinski definition) is 0. The minimum absolute atomic E-state index is 1.08. The molecule has 9 aromatic rings. The second kappa shape index (κ2) is 16.3. The van der Waals surface area contributed by atoms with E-state index in [-0.39, 0.29) is 0 Å². The van der Waals surface area contributed by atoms with Crippen LogP contribution >= 0.6 is 0 Å². The van der Waals surface area contributed by atoms with Crippen LogP contribution in [0.4, 0.5) is 17.1 Å². The van der Waals surface area contributed by atoms with E-state index in [0.29, 0.717) is 0 Å². The van der Waals surface area contributed by atoms with Gasteiger partial charge in [-0.1, -0.05) is 169 Å². The third kappa shape index (κ3) is 7.36. The van der Waals surface area contributed by atoms with Gasteiger partial charge in [-0.25, -0.2) is 0 Å². The van der Waals surface area contributed by atoms with Crippen molar-refractivity contribution in [3.05, 3.63) is 229 Å². The molecule has 0 saturated carbocycles. The van der Waals surface area contributed by atoms with Crippen molar-refractivity contribution in [3.8, 4) is 22.3 Å². The molecule has 0 heterocycles. The molecule has 0 radical (unpaired) electrons. The Morgan fingerprint density at radius 2 is 0.897 bits per heavy atom. The number of fused-ring (bicyclic) bond motifs is 6. The van der Waals surface area contributed by atoms with Crippen molar-refractivity contribution in [2.24, 2.45) is 0 Å². The average molecular weight is 746 g/mol. The molecule has 1 aliphatic carbocycles. The quantitative estimate of drug-likeness (QED) is 0.153. The highest BCUT2D eigenvalue weighted by atomic mass is 15.1. The Morgan fingerprint density at radius 3 is 1.48 bits per heavy atom. The summed E-state index contributed by atoms with van der Waals surface area (Å²) in [5.74, 6) is 0. The van der Waals surface area contributed by atoms with Gasteiger partial charge in [0.1, 0.15) is 0 Å². The van der Waals surface area contributed by atoms with E-state index in [1.54, 1.807) is 0 Å². The Hall–Kier alpha value is -6.96. The lowest BCUT2D eigenvalue weighted by Crippen LogP contribution is -2.10. The zero-order valence-electron chi connectivity index (χ0n) is 33.5. The van der Waals surface area contributed by atoms with Gasteiger partial charge in [-0.3, -0.25) is 0 Å². The van der Waals surface area contributed by atoms with Crippen molar-refractivity contribution in [2.45, 2.75) is 33.6 Å². The first-order chi connectivity index (χ1) is 28.5. The third-order valence-corrected chi connectivity index (χ3v) is 11.6. The highest BCUT2D eigenvalue weighted by Crippen LogP contribution is 2.42. The zero-order valence-corrected chi connectivity index (χ0v) is 33.5. The highest BCUT2D eigenvalue weighted by Gasteiger charge is 2.17. The second-order valence-corrected chi connectivity index (χ2v) is 15.4. The maximum atomic E-state index is 2.40. The molecule has 0 fully saturated rings. The number of anilines is 3. The Balaban J connectivity index is 0.000000565. The van der Waals surface area contributed by atoms with Crippen molar-refractivity contribution < 1.29 is 0 Å². The van der Waals surface area contributed by atoms with Crippen molar-refractivity contribution >= 4 is 55.0 Å². The van der Waals surface area contributed by atoms with E-state index in [2.05, 4.69) is 214 Å². The molecule has 0 spiro atoms. The molecule has 0 bridgehead atoms. The van der Waals surface area contributed by atoms with E-state index in [1.807, 2.05) is 18.2 Å². The number of allylic oxidation sites excluding steroid dienone is 4. The van der Waals surface area contributed by atoms with Crippen LogP contribution in [-0.4, -0.2) is 0 Å². The molecule has 1 aliphatic rings. The number of hydrogen-bond acceptors (Lipinski definition) is 1. The summed E-state index contributed by atoms with van der Waals surface area (Å²) in [5.41, 5.74) is 15.0. The van der Waals surface area contributed by atoms with Crippen LogP contribution in [0.25, 0.3) is 60.1 Å². The van der Waals surface area contributed by atoms with Crippen LogP contribution in [0.2, 0.25) is 0 Å². The molecular formula is C57H47N. The van der Waals surface area contributed by atoms with Gasteiger partial charge in [-0.15, -0.1) is 0 Å². The van der Waals surface area contributed by atoms with Crippen LogP contribution in [0.5, 0.6) is 0 Å². The van der Waals surface area contributed by atoms with Gasteiger partial charge < -0.3 is 4.90 Å². The standard InChI is InChI=1S/C50H39N.C7H8/c1-34-12-6-7-15-43(34)49-32-39(21-20-35(49)2)38-24-28-41(29-25-38)51(40-26-22-37(23-27-40)36-13-4-3-5-14-36)42-30-31-48-46-18-9-8-16-44(46)45-17-10-11-19-47(45)50(48)33-42;1-7-5-3-2-4-6-7/h3-4,6-13,15-33H,5,14H2,1-2H3;2-6H,1H3. The first-order valence-corrected chi connectivity index (χ1v) is 20.4. The third-order valence-electron chi connectivity index (χ3n) is 11.6. The van der Waals surface area contributed by atoms with Crippen molar-refractivity contribution in [3.63, 3.8) is 0 Å². The predicted molar refractivity (Wildman–Crippen MR) is 252 cm³/mol. The molecular weight excluding hydrogens is 699 g/mol. The molecule has 0 N–H and O–H groups in total. The molecule has 58 heavy (non-hydrogen) atoms. The summed E-state index contributed by atoms with van der Waals surface area (Å²) in [4.78, 5) is 2.40. The van der Waals surface area contributed by atoms with Gasteiger partial charge in [0.25, 0.3) is 0 Å². The summed E-state index contributed by atoms with van der Waals surface area (Å²) < 4.78 is 0. The first kappa shape index (κ1) is 36.7. The smallest absolute Gasteiger partial charge is 0.0468 e. The fourth-order valence-corrected chi connectivity index (χ4v) is 8.45. The fourth-order valence-electron chi connectivity index (χ4n) is 8.45. The number of rotatable bonds is 6. The van der Waals surface area contributed by atoms with Crippen LogP contribution in [0.3, 0.4) is 0 Å². The largest absolute Gasteiger partial charge is 0.310 e. The van der Waals surface area contributed by atoms with Gasteiger partial charge in [0.2, 0.25) is 0 Å². The molecule has 0 unspecified atom stereocenters. The van der Waals surface area contributed by atoms with E-state index in [9.17, 15) is 0 Å². The van der Waals surface area contributed by atoms with Crippen molar-refractivity contribution in [2.75, 3.05) is 4.90 Å². The van der Waals surface area contributed by atoms with Crippen LogP contribution < -0.4 is 4.90 Å². The van der Waals surface area contributed by atoms with Gasteiger partial charge in [0.15, 0.2) is 0 Å². The average Bonchev–Trinajstić information content (AvgIpc) is 3.28. The lowest BCUT2D eigenvalue weighted by atomic mass is 9.93. The normalized spacial score (nSPS) is 12.3. The van der Waals surface area contributed by atoms with Crippen LogP contribution in [0.1, 0.15) is 35.1 Å². The van der Waals surface area contributed by atoms with Gasteiger partial charge >= 0.3 is 0 Å². The summed E-state index contributed by atoms with van der Waals surface area (Å²) in [6.07, 6.45) is 8.86. The molecule has 10 rings (SSSR count). The minimum Gasteiger partial charge on any atom is -0.310 e. The van der Waals surface area contributed by atoms with Gasteiger partial charge in [-0.05, 0) is 153 Å². The molecule has 1 heteroatoms. The van der Waals surface area contributed by atoms with E-state index >= 15 is 0 Å². The lowest BCUT2D eigenvalue weighted by molar-refractivity contribution is 1.05. The summed E-state index contributed by atoms with van der Waals surface area (Å²) in [5, 5.41) is 7.69. The molecule has 0 amide bonds. The predicted octanol–water partition coefficient (Wildman–Crippen LogP) is 16.3. The number of nitrogens with zero attached hydrogens (tertiary/aromatic N) is 1.